The first kappa shape index (κ1) is 16.4. The zero-order valence-corrected chi connectivity index (χ0v) is 12.3. The lowest BCUT2D eigenvalue weighted by Gasteiger charge is -2.10. The minimum Gasteiger partial charge on any atom is -0.383 e. The van der Waals surface area contributed by atoms with E-state index in [-0.39, 0.29) is 5.82 Å². The number of hydrogen-bond donors (Lipinski definition) is 2. The van der Waals surface area contributed by atoms with Crippen molar-refractivity contribution in [1.82, 2.24) is 10.6 Å². The van der Waals surface area contributed by atoms with Crippen molar-refractivity contribution in [1.29, 1.82) is 0 Å². The number of guanidine groups is 1. The Morgan fingerprint density at radius 3 is 2.90 bits per heavy atom. The Bertz CT molecular complexity index is 410. The van der Waals surface area contributed by atoms with E-state index in [9.17, 15) is 4.39 Å². The molecule has 5 heteroatoms. The van der Waals surface area contributed by atoms with Crippen molar-refractivity contribution in [2.75, 3.05) is 33.4 Å². The number of methoxy groups -OCH3 is 1. The fraction of sp³-hybridized carbons (Fsp3) is 0.533. The summed E-state index contributed by atoms with van der Waals surface area (Å²) in [5.41, 5.74) is 1.01. The van der Waals surface area contributed by atoms with Crippen LogP contribution in [0.2, 0.25) is 0 Å². The molecule has 0 saturated heterocycles. The van der Waals surface area contributed by atoms with E-state index in [1.807, 2.05) is 13.0 Å². The van der Waals surface area contributed by atoms with Crippen LogP contribution in [0.1, 0.15) is 18.9 Å². The second-order valence-corrected chi connectivity index (χ2v) is 4.41. The van der Waals surface area contributed by atoms with Gasteiger partial charge >= 0.3 is 0 Å². The summed E-state index contributed by atoms with van der Waals surface area (Å²) in [7, 11) is 1.67. The summed E-state index contributed by atoms with van der Waals surface area (Å²) < 4.78 is 18.0. The predicted octanol–water partition coefficient (Wildman–Crippen LogP) is 1.96. The average molecular weight is 281 g/mol. The molecule has 0 unspecified atom stereocenters. The number of ether oxygens (including phenoxy) is 1. The van der Waals surface area contributed by atoms with Crippen molar-refractivity contribution in [3.8, 4) is 0 Å². The summed E-state index contributed by atoms with van der Waals surface area (Å²) in [6, 6.07) is 6.72. The minimum absolute atomic E-state index is 0.180. The number of nitrogens with one attached hydrogen (secondary N) is 2. The molecule has 1 aromatic rings. The lowest BCUT2D eigenvalue weighted by molar-refractivity contribution is 0.203. The molecule has 1 aromatic carbocycles. The zero-order valence-electron chi connectivity index (χ0n) is 12.3. The van der Waals surface area contributed by atoms with Crippen molar-refractivity contribution in [2.45, 2.75) is 19.8 Å². The molecule has 0 amide bonds. The Morgan fingerprint density at radius 2 is 2.20 bits per heavy atom. The van der Waals surface area contributed by atoms with Crippen LogP contribution in [-0.2, 0) is 11.2 Å². The number of aliphatic imine (C=N–C) groups is 1. The molecule has 0 aliphatic heterocycles. The fourth-order valence-corrected chi connectivity index (χ4v) is 1.78. The molecular weight excluding hydrogens is 257 g/mol. The van der Waals surface area contributed by atoms with E-state index in [1.165, 1.54) is 6.07 Å². The van der Waals surface area contributed by atoms with Crippen LogP contribution in [0.4, 0.5) is 4.39 Å². The van der Waals surface area contributed by atoms with Gasteiger partial charge in [0.05, 0.1) is 6.61 Å². The van der Waals surface area contributed by atoms with E-state index < -0.39 is 0 Å². The van der Waals surface area contributed by atoms with Gasteiger partial charge in [-0.1, -0.05) is 12.1 Å². The highest BCUT2D eigenvalue weighted by atomic mass is 19.1. The maximum Gasteiger partial charge on any atom is 0.191 e. The molecular formula is C15H24FN3O. The van der Waals surface area contributed by atoms with Gasteiger partial charge in [-0.25, -0.2) is 4.39 Å². The SMILES string of the molecule is CCNC(=NCCCc1cccc(F)c1)NCCOC. The van der Waals surface area contributed by atoms with E-state index in [1.54, 1.807) is 19.2 Å². The largest absolute Gasteiger partial charge is 0.383 e. The molecule has 112 valence electrons. The van der Waals surface area contributed by atoms with Crippen LogP contribution in [0.15, 0.2) is 29.3 Å². The summed E-state index contributed by atoms with van der Waals surface area (Å²) in [6.45, 7) is 4.93. The number of halogens is 1. The lowest BCUT2D eigenvalue weighted by atomic mass is 10.1. The fourth-order valence-electron chi connectivity index (χ4n) is 1.78. The second-order valence-electron chi connectivity index (χ2n) is 4.41. The number of rotatable bonds is 8. The van der Waals surface area contributed by atoms with E-state index in [0.29, 0.717) is 13.2 Å². The molecule has 0 heterocycles. The van der Waals surface area contributed by atoms with Crippen LogP contribution in [0, 0.1) is 5.82 Å². The number of hydrogen-bond acceptors (Lipinski definition) is 2. The molecule has 0 fully saturated rings. The molecule has 0 bridgehead atoms. The Hall–Kier alpha value is -1.62. The van der Waals surface area contributed by atoms with Crippen LogP contribution in [0.5, 0.6) is 0 Å². The third-order valence-corrected chi connectivity index (χ3v) is 2.73. The number of nitrogens with zero attached hydrogens (tertiary/aromatic N) is 1. The highest BCUT2D eigenvalue weighted by Crippen LogP contribution is 2.06. The Balaban J connectivity index is 2.32. The molecule has 0 aliphatic rings. The zero-order chi connectivity index (χ0) is 14.6. The van der Waals surface area contributed by atoms with Crippen molar-refractivity contribution in [3.63, 3.8) is 0 Å². The highest BCUT2D eigenvalue weighted by Gasteiger charge is 1.97. The van der Waals surface area contributed by atoms with E-state index in [2.05, 4.69) is 15.6 Å². The van der Waals surface area contributed by atoms with Crippen molar-refractivity contribution >= 4 is 5.96 Å². The average Bonchev–Trinajstić information content (AvgIpc) is 2.44. The molecule has 20 heavy (non-hydrogen) atoms. The maximum absolute atomic E-state index is 13.0. The van der Waals surface area contributed by atoms with Gasteiger partial charge in [-0.3, -0.25) is 4.99 Å². The summed E-state index contributed by atoms with van der Waals surface area (Å²) in [5, 5.41) is 6.36. The molecule has 4 nitrogen and oxygen atoms in total. The number of aryl methyl sites for hydroxylation is 1. The van der Waals surface area contributed by atoms with Gasteiger partial charge in [0.1, 0.15) is 5.82 Å². The molecule has 0 spiro atoms. The molecule has 2 N–H and O–H groups in total. The molecule has 0 radical (unpaired) electrons. The Morgan fingerprint density at radius 1 is 1.35 bits per heavy atom. The predicted molar refractivity (Wildman–Crippen MR) is 80.6 cm³/mol. The van der Waals surface area contributed by atoms with E-state index in [0.717, 1.165) is 37.5 Å². The second kappa shape index (κ2) is 10.2. The van der Waals surface area contributed by atoms with Gasteiger partial charge in [0.25, 0.3) is 0 Å². The van der Waals surface area contributed by atoms with Crippen molar-refractivity contribution in [3.05, 3.63) is 35.6 Å². The first-order chi connectivity index (χ1) is 9.76. The van der Waals surface area contributed by atoms with Gasteiger partial charge in [0.15, 0.2) is 5.96 Å². The molecule has 0 aliphatic carbocycles. The quantitative estimate of drug-likeness (QED) is 0.435. The van der Waals surface area contributed by atoms with Gasteiger partial charge in [-0.2, -0.15) is 0 Å². The summed E-state index contributed by atoms with van der Waals surface area (Å²) in [6.07, 6.45) is 1.73. The van der Waals surface area contributed by atoms with Gasteiger partial charge in [-0.15, -0.1) is 0 Å². The van der Waals surface area contributed by atoms with Gasteiger partial charge in [0.2, 0.25) is 0 Å². The van der Waals surface area contributed by atoms with Crippen LogP contribution in [0.3, 0.4) is 0 Å². The molecule has 0 aromatic heterocycles. The standard InChI is InChI=1S/C15H24FN3O/c1-3-17-15(19-10-11-20-2)18-9-5-7-13-6-4-8-14(16)12-13/h4,6,8,12H,3,5,7,9-11H2,1-2H3,(H2,17,18,19). The van der Waals surface area contributed by atoms with Crippen LogP contribution >= 0.6 is 0 Å². The third-order valence-electron chi connectivity index (χ3n) is 2.73. The first-order valence-corrected chi connectivity index (χ1v) is 7.01. The molecule has 1 rings (SSSR count). The minimum atomic E-state index is -0.180. The van der Waals surface area contributed by atoms with Crippen molar-refractivity contribution in [2.24, 2.45) is 4.99 Å². The van der Waals surface area contributed by atoms with Gasteiger partial charge < -0.3 is 15.4 Å². The monoisotopic (exact) mass is 281 g/mol. The van der Waals surface area contributed by atoms with Crippen LogP contribution < -0.4 is 10.6 Å². The Labute approximate surface area is 120 Å². The highest BCUT2D eigenvalue weighted by molar-refractivity contribution is 5.79. The summed E-state index contributed by atoms with van der Waals surface area (Å²) in [5.74, 6) is 0.615. The van der Waals surface area contributed by atoms with Crippen LogP contribution in [-0.4, -0.2) is 39.3 Å². The Kier molecular flexibility index (Phi) is 8.38. The number of benzene rings is 1. The van der Waals surface area contributed by atoms with Gasteiger partial charge in [-0.05, 0) is 37.5 Å². The maximum atomic E-state index is 13.0. The van der Waals surface area contributed by atoms with E-state index in [4.69, 9.17) is 4.74 Å². The first-order valence-electron chi connectivity index (χ1n) is 7.01. The van der Waals surface area contributed by atoms with Crippen LogP contribution in [0.25, 0.3) is 0 Å². The topological polar surface area (TPSA) is 45.7 Å². The van der Waals surface area contributed by atoms with Gasteiger partial charge in [0, 0.05) is 26.7 Å². The third kappa shape index (κ3) is 7.09. The normalized spacial score (nSPS) is 11.4. The van der Waals surface area contributed by atoms with E-state index >= 15 is 0 Å². The lowest BCUT2D eigenvalue weighted by Crippen LogP contribution is -2.39. The molecule has 0 saturated carbocycles. The summed E-state index contributed by atoms with van der Waals surface area (Å²) >= 11 is 0. The summed E-state index contributed by atoms with van der Waals surface area (Å²) in [4.78, 5) is 4.47. The molecule has 0 atom stereocenters. The smallest absolute Gasteiger partial charge is 0.191 e. The van der Waals surface area contributed by atoms with Crippen molar-refractivity contribution < 1.29 is 9.13 Å².